The van der Waals surface area contributed by atoms with Crippen LogP contribution in [0, 0.1) is 3.57 Å². The molecule has 140 valence electrons. The molecule has 0 radical (unpaired) electrons. The Hall–Kier alpha value is -2.67. The van der Waals surface area contributed by atoms with Gasteiger partial charge in [-0.15, -0.1) is 0 Å². The molecule has 0 spiro atoms. The van der Waals surface area contributed by atoms with Gasteiger partial charge in [0.05, 0.1) is 17.5 Å². The minimum atomic E-state index is -0.803. The van der Waals surface area contributed by atoms with E-state index in [0.717, 1.165) is 37.1 Å². The number of hydrogen-bond donors (Lipinski definition) is 2. The van der Waals surface area contributed by atoms with Crippen molar-refractivity contribution in [2.24, 2.45) is 0 Å². The van der Waals surface area contributed by atoms with E-state index in [1.165, 1.54) is 0 Å². The predicted molar refractivity (Wildman–Crippen MR) is 119 cm³/mol. The number of H-pyrrole nitrogens is 1. The Morgan fingerprint density at radius 2 is 1.71 bits per heavy atom. The lowest BCUT2D eigenvalue weighted by atomic mass is 9.91. The Balaban J connectivity index is 1.61. The summed E-state index contributed by atoms with van der Waals surface area (Å²) in [6.45, 7) is 0. The highest BCUT2D eigenvalue weighted by Crippen LogP contribution is 2.28. The number of aromatic amines is 1. The molecule has 0 aliphatic heterocycles. The molecule has 4 rings (SSSR count). The summed E-state index contributed by atoms with van der Waals surface area (Å²) in [4.78, 5) is 19.4. The number of carbonyl (C=O) groups is 1. The zero-order chi connectivity index (χ0) is 19.5. The van der Waals surface area contributed by atoms with Crippen LogP contribution < -0.4 is 0 Å². The molecule has 1 unspecified atom stereocenters. The van der Waals surface area contributed by atoms with Gasteiger partial charge in [0.25, 0.3) is 0 Å². The molecular weight excluding hydrogens is 463 g/mol. The Morgan fingerprint density at radius 3 is 2.43 bits per heavy atom. The van der Waals surface area contributed by atoms with Crippen molar-refractivity contribution in [1.82, 2.24) is 9.97 Å². The van der Waals surface area contributed by atoms with Crippen LogP contribution in [0.4, 0.5) is 0 Å². The number of nitrogens with one attached hydrogen (secondary N) is 1. The highest BCUT2D eigenvalue weighted by molar-refractivity contribution is 14.1. The molecule has 2 N–H and O–H groups in total. The third-order valence-electron chi connectivity index (χ3n) is 4.84. The number of fused-ring (bicyclic) bond motifs is 1. The number of aliphatic carboxylic acids is 1. The summed E-state index contributed by atoms with van der Waals surface area (Å²) in [5, 5.41) is 9.40. The number of carboxylic acids is 1. The topological polar surface area (TPSA) is 66.0 Å². The highest BCUT2D eigenvalue weighted by Gasteiger charge is 2.18. The van der Waals surface area contributed by atoms with E-state index in [9.17, 15) is 9.90 Å². The summed E-state index contributed by atoms with van der Waals surface area (Å²) >= 11 is 2.27. The second-order valence-corrected chi connectivity index (χ2v) is 8.08. The predicted octanol–water partition coefficient (Wildman–Crippen LogP) is 5.64. The molecule has 0 aliphatic rings. The van der Waals surface area contributed by atoms with Gasteiger partial charge >= 0.3 is 5.97 Å². The number of halogens is 1. The molecule has 0 saturated heterocycles. The van der Waals surface area contributed by atoms with Gasteiger partial charge in [0.1, 0.15) is 5.82 Å². The van der Waals surface area contributed by atoms with Crippen LogP contribution in [-0.2, 0) is 11.2 Å². The smallest absolute Gasteiger partial charge is 0.303 e. The van der Waals surface area contributed by atoms with Crippen LogP contribution in [0.2, 0.25) is 0 Å². The van der Waals surface area contributed by atoms with Gasteiger partial charge < -0.3 is 10.1 Å². The molecule has 1 atom stereocenters. The van der Waals surface area contributed by atoms with Crippen molar-refractivity contribution < 1.29 is 9.90 Å². The van der Waals surface area contributed by atoms with E-state index < -0.39 is 5.97 Å². The first-order chi connectivity index (χ1) is 13.6. The number of nitrogens with zero attached hydrogens (tertiary/aromatic N) is 1. The maximum Gasteiger partial charge on any atom is 0.303 e. The minimum Gasteiger partial charge on any atom is -0.481 e. The molecule has 4 aromatic rings. The normalized spacial score (nSPS) is 12.2. The monoisotopic (exact) mass is 482 g/mol. The van der Waals surface area contributed by atoms with E-state index in [1.54, 1.807) is 0 Å². The standard InChI is InChI=1S/C23H19IN2O2/c24-19-10-11-20-21(14-19)26-22(25-20)12-18(13-23(27)28)17-8-6-16(7-9-17)15-4-2-1-3-5-15/h1-11,14,18H,12-13H2,(H,25,26)(H,27,28). The van der Waals surface area contributed by atoms with Crippen LogP contribution in [0.1, 0.15) is 23.7 Å². The van der Waals surface area contributed by atoms with Gasteiger partial charge in [-0.2, -0.15) is 0 Å². The fourth-order valence-corrected chi connectivity index (χ4v) is 3.95. The summed E-state index contributed by atoms with van der Waals surface area (Å²) in [6, 6.07) is 24.4. The first kappa shape index (κ1) is 18.7. The van der Waals surface area contributed by atoms with E-state index >= 15 is 0 Å². The van der Waals surface area contributed by atoms with Gasteiger partial charge in [-0.05, 0) is 57.5 Å². The summed E-state index contributed by atoms with van der Waals surface area (Å²) in [5.41, 5.74) is 5.17. The Morgan fingerprint density at radius 1 is 1.00 bits per heavy atom. The van der Waals surface area contributed by atoms with Crippen LogP contribution in [0.15, 0.2) is 72.8 Å². The van der Waals surface area contributed by atoms with Gasteiger partial charge in [-0.3, -0.25) is 4.79 Å². The van der Waals surface area contributed by atoms with Crippen molar-refractivity contribution in [3.8, 4) is 11.1 Å². The lowest BCUT2D eigenvalue weighted by Crippen LogP contribution is -2.10. The fraction of sp³-hybridized carbons (Fsp3) is 0.130. The SMILES string of the molecule is O=C(O)CC(Cc1nc2ccc(I)cc2[nH]1)c1ccc(-c2ccccc2)cc1. The lowest BCUT2D eigenvalue weighted by molar-refractivity contribution is -0.137. The van der Waals surface area contributed by atoms with Crippen LogP contribution in [0.5, 0.6) is 0 Å². The molecule has 3 aromatic carbocycles. The average molecular weight is 482 g/mol. The molecule has 0 saturated carbocycles. The van der Waals surface area contributed by atoms with Crippen molar-refractivity contribution in [3.63, 3.8) is 0 Å². The van der Waals surface area contributed by atoms with Crippen LogP contribution in [0.25, 0.3) is 22.2 Å². The third kappa shape index (κ3) is 4.25. The van der Waals surface area contributed by atoms with E-state index in [1.807, 2.05) is 48.5 Å². The Bertz CT molecular complexity index is 1100. The van der Waals surface area contributed by atoms with Gasteiger partial charge in [0.2, 0.25) is 0 Å². The second kappa shape index (κ2) is 8.14. The molecule has 0 fully saturated rings. The van der Waals surface area contributed by atoms with Crippen LogP contribution >= 0.6 is 22.6 Å². The summed E-state index contributed by atoms with van der Waals surface area (Å²) in [5.74, 6) is -0.125. The number of imidazole rings is 1. The van der Waals surface area contributed by atoms with Crippen molar-refractivity contribution in [3.05, 3.63) is 87.8 Å². The van der Waals surface area contributed by atoms with E-state index in [4.69, 9.17) is 0 Å². The van der Waals surface area contributed by atoms with Gasteiger partial charge in [0.15, 0.2) is 0 Å². The van der Waals surface area contributed by atoms with Gasteiger partial charge in [0, 0.05) is 15.9 Å². The van der Waals surface area contributed by atoms with Gasteiger partial charge in [-0.1, -0.05) is 54.6 Å². The molecular formula is C23H19IN2O2. The molecule has 4 nitrogen and oxygen atoms in total. The summed E-state index contributed by atoms with van der Waals surface area (Å²) < 4.78 is 1.14. The number of hydrogen-bond acceptors (Lipinski definition) is 2. The largest absolute Gasteiger partial charge is 0.481 e. The maximum atomic E-state index is 11.4. The summed E-state index contributed by atoms with van der Waals surface area (Å²) in [6.07, 6.45) is 0.626. The quantitative estimate of drug-likeness (QED) is 0.350. The maximum absolute atomic E-state index is 11.4. The lowest BCUT2D eigenvalue weighted by Gasteiger charge is -2.15. The summed E-state index contributed by atoms with van der Waals surface area (Å²) in [7, 11) is 0. The molecule has 0 amide bonds. The van der Waals surface area contributed by atoms with Crippen molar-refractivity contribution in [2.45, 2.75) is 18.8 Å². The van der Waals surface area contributed by atoms with Crippen LogP contribution in [-0.4, -0.2) is 21.0 Å². The van der Waals surface area contributed by atoms with Crippen molar-refractivity contribution in [2.75, 3.05) is 0 Å². The second-order valence-electron chi connectivity index (χ2n) is 6.83. The number of benzene rings is 3. The van der Waals surface area contributed by atoms with Gasteiger partial charge in [-0.25, -0.2) is 4.98 Å². The fourth-order valence-electron chi connectivity index (χ4n) is 3.46. The highest BCUT2D eigenvalue weighted by atomic mass is 127. The van der Waals surface area contributed by atoms with E-state index in [2.05, 4.69) is 56.8 Å². The first-order valence-electron chi connectivity index (χ1n) is 9.10. The molecule has 0 bridgehead atoms. The zero-order valence-corrected chi connectivity index (χ0v) is 17.3. The number of aromatic nitrogens is 2. The van der Waals surface area contributed by atoms with Crippen LogP contribution in [0.3, 0.4) is 0 Å². The number of rotatable bonds is 6. The van der Waals surface area contributed by atoms with E-state index in [-0.39, 0.29) is 12.3 Å². The number of carboxylic acid groups (broad SMARTS) is 1. The zero-order valence-electron chi connectivity index (χ0n) is 15.1. The molecule has 1 heterocycles. The Kier molecular flexibility index (Phi) is 5.43. The molecule has 0 aliphatic carbocycles. The molecule has 5 heteroatoms. The Labute approximate surface area is 176 Å². The van der Waals surface area contributed by atoms with Crippen molar-refractivity contribution in [1.29, 1.82) is 0 Å². The van der Waals surface area contributed by atoms with E-state index in [0.29, 0.717) is 6.42 Å². The third-order valence-corrected chi connectivity index (χ3v) is 5.51. The van der Waals surface area contributed by atoms with Crippen molar-refractivity contribution >= 4 is 39.6 Å². The average Bonchev–Trinajstić information content (AvgIpc) is 3.09. The first-order valence-corrected chi connectivity index (χ1v) is 10.2. The molecule has 1 aromatic heterocycles. The minimum absolute atomic E-state index is 0.0687. The molecule has 28 heavy (non-hydrogen) atoms.